The van der Waals surface area contributed by atoms with Crippen molar-refractivity contribution in [3.63, 3.8) is 0 Å². The second-order valence-corrected chi connectivity index (χ2v) is 7.90. The van der Waals surface area contributed by atoms with Crippen molar-refractivity contribution < 1.29 is 21.6 Å². The van der Waals surface area contributed by atoms with Gasteiger partial charge in [-0.1, -0.05) is 23.2 Å². The third-order valence-corrected chi connectivity index (χ3v) is 5.70. The van der Waals surface area contributed by atoms with Crippen LogP contribution in [0.4, 0.5) is 13.2 Å². The van der Waals surface area contributed by atoms with Crippen LogP contribution in [0.3, 0.4) is 0 Å². The molecule has 19 heavy (non-hydrogen) atoms. The summed E-state index contributed by atoms with van der Waals surface area (Å²) in [5, 5.41) is 0. The smallest absolute Gasteiger partial charge is 0.207 e. The molecule has 0 N–H and O–H groups in total. The Kier molecular flexibility index (Phi) is 5.80. The van der Waals surface area contributed by atoms with Crippen molar-refractivity contribution in [1.82, 2.24) is 4.31 Å². The van der Waals surface area contributed by atoms with E-state index in [1.807, 2.05) is 0 Å². The minimum atomic E-state index is -4.68. The fourth-order valence-corrected chi connectivity index (χ4v) is 5.06. The Labute approximate surface area is 126 Å². The molecule has 0 amide bonds. The summed E-state index contributed by atoms with van der Waals surface area (Å²) in [6.07, 6.45) is -4.68. The van der Waals surface area contributed by atoms with Crippen molar-refractivity contribution in [1.29, 1.82) is 0 Å². The molecule has 0 aliphatic carbocycles. The van der Waals surface area contributed by atoms with E-state index in [0.29, 0.717) is 0 Å². The van der Waals surface area contributed by atoms with Crippen LogP contribution >= 0.6 is 46.1 Å². The van der Waals surface area contributed by atoms with Gasteiger partial charge in [-0.15, -0.1) is 22.9 Å². The van der Waals surface area contributed by atoms with Gasteiger partial charge in [0.1, 0.15) is 15.8 Å². The molecule has 1 aromatic rings. The molecule has 0 spiro atoms. The van der Waals surface area contributed by atoms with Crippen LogP contribution in [-0.2, 0) is 10.0 Å². The van der Waals surface area contributed by atoms with Gasteiger partial charge in [-0.2, -0.15) is 17.5 Å². The molecule has 0 saturated heterocycles. The summed E-state index contributed by atoms with van der Waals surface area (Å²) < 4.78 is 61.4. The van der Waals surface area contributed by atoms with E-state index in [4.69, 9.17) is 34.8 Å². The molecule has 110 valence electrons. The average molecular weight is 377 g/mol. The summed E-state index contributed by atoms with van der Waals surface area (Å²) in [6, 6.07) is 1.02. The lowest BCUT2D eigenvalue weighted by Crippen LogP contribution is -2.40. The maximum atomic E-state index is 12.4. The average Bonchev–Trinajstić information content (AvgIpc) is 2.56. The first-order valence-electron chi connectivity index (χ1n) is 4.65. The molecule has 0 saturated carbocycles. The van der Waals surface area contributed by atoms with E-state index in [2.05, 4.69) is 0 Å². The number of halogens is 6. The number of hydrogen-bond donors (Lipinski definition) is 0. The zero-order chi connectivity index (χ0) is 14.8. The number of alkyl halides is 4. The maximum absolute atomic E-state index is 12.4. The predicted octanol–water partition coefficient (Wildman–Crippen LogP) is 3.85. The fourth-order valence-electron chi connectivity index (χ4n) is 1.22. The van der Waals surface area contributed by atoms with Gasteiger partial charge >= 0.3 is 6.18 Å². The van der Waals surface area contributed by atoms with Crippen LogP contribution in [0.2, 0.25) is 8.67 Å². The predicted molar refractivity (Wildman–Crippen MR) is 69.9 cm³/mol. The molecule has 0 unspecified atom stereocenters. The van der Waals surface area contributed by atoms with Gasteiger partial charge in [0, 0.05) is 12.4 Å². The number of hydrogen-bond acceptors (Lipinski definition) is 3. The summed E-state index contributed by atoms with van der Waals surface area (Å²) in [5.74, 6) is -0.273. The molecular weight excluding hydrogens is 370 g/mol. The summed E-state index contributed by atoms with van der Waals surface area (Å²) in [6.45, 7) is -2.11. The topological polar surface area (TPSA) is 37.4 Å². The van der Waals surface area contributed by atoms with E-state index in [0.717, 1.165) is 17.4 Å². The summed E-state index contributed by atoms with van der Waals surface area (Å²) in [7, 11) is -4.38. The molecule has 0 fully saturated rings. The van der Waals surface area contributed by atoms with Crippen molar-refractivity contribution in [2.24, 2.45) is 0 Å². The van der Waals surface area contributed by atoms with E-state index >= 15 is 0 Å². The van der Waals surface area contributed by atoms with Gasteiger partial charge in [0.25, 0.3) is 0 Å². The lowest BCUT2D eigenvalue weighted by molar-refractivity contribution is -0.135. The van der Waals surface area contributed by atoms with Crippen LogP contribution in [0, 0.1) is 0 Å². The van der Waals surface area contributed by atoms with Gasteiger partial charge in [-0.05, 0) is 6.07 Å². The Morgan fingerprint density at radius 3 is 2.26 bits per heavy atom. The van der Waals surface area contributed by atoms with Gasteiger partial charge in [0.2, 0.25) is 10.0 Å². The van der Waals surface area contributed by atoms with Crippen molar-refractivity contribution >= 4 is 56.2 Å². The van der Waals surface area contributed by atoms with E-state index < -0.39 is 34.2 Å². The zero-order valence-electron chi connectivity index (χ0n) is 9.05. The van der Waals surface area contributed by atoms with Crippen LogP contribution in [-0.4, -0.2) is 37.9 Å². The number of sulfonamides is 1. The molecule has 1 aromatic heterocycles. The highest BCUT2D eigenvalue weighted by atomic mass is 35.5. The Morgan fingerprint density at radius 1 is 1.32 bits per heavy atom. The second-order valence-electron chi connectivity index (χ2n) is 3.33. The van der Waals surface area contributed by atoms with Crippen molar-refractivity contribution in [3.05, 3.63) is 14.7 Å². The summed E-state index contributed by atoms with van der Waals surface area (Å²) in [4.78, 5) is -0.446. The van der Waals surface area contributed by atoms with Gasteiger partial charge in [0.05, 0.1) is 4.34 Å². The monoisotopic (exact) mass is 375 g/mol. The fraction of sp³-hybridized carbons (Fsp3) is 0.500. The Morgan fingerprint density at radius 2 is 1.89 bits per heavy atom. The molecule has 0 bridgehead atoms. The minimum Gasteiger partial charge on any atom is -0.207 e. The van der Waals surface area contributed by atoms with Crippen molar-refractivity contribution in [2.45, 2.75) is 11.1 Å². The molecular formula is C8H7Cl3F3NO2S2. The first-order chi connectivity index (χ1) is 8.58. The third kappa shape index (κ3) is 4.64. The quantitative estimate of drug-likeness (QED) is 0.732. The molecule has 3 nitrogen and oxygen atoms in total. The van der Waals surface area contributed by atoms with Gasteiger partial charge in [-0.3, -0.25) is 0 Å². The Bertz CT molecular complexity index is 544. The molecule has 1 heterocycles. The van der Waals surface area contributed by atoms with Gasteiger partial charge < -0.3 is 0 Å². The highest BCUT2D eigenvalue weighted by Gasteiger charge is 2.38. The molecule has 1 rings (SSSR count). The first-order valence-corrected chi connectivity index (χ1v) is 8.20. The van der Waals surface area contributed by atoms with E-state index in [-0.39, 0.29) is 18.9 Å². The number of nitrogens with zero attached hydrogens (tertiary/aromatic N) is 1. The Hall–Kier alpha value is 0.270. The maximum Gasteiger partial charge on any atom is 0.402 e. The summed E-state index contributed by atoms with van der Waals surface area (Å²) in [5.41, 5.74) is 0. The highest BCUT2D eigenvalue weighted by molar-refractivity contribution is 7.89. The molecule has 0 aliphatic rings. The van der Waals surface area contributed by atoms with E-state index in [9.17, 15) is 21.6 Å². The zero-order valence-corrected chi connectivity index (χ0v) is 12.9. The second kappa shape index (κ2) is 6.36. The molecule has 11 heteroatoms. The molecule has 0 atom stereocenters. The summed E-state index contributed by atoms with van der Waals surface area (Å²) >= 11 is 17.3. The SMILES string of the molecule is O=S(=O)(c1cc(Cl)sc1Cl)N(CCCl)CC(F)(F)F. The highest BCUT2D eigenvalue weighted by Crippen LogP contribution is 2.36. The minimum absolute atomic E-state index is 0.0707. The Balaban J connectivity index is 3.16. The largest absolute Gasteiger partial charge is 0.402 e. The number of thiophene rings is 1. The normalized spacial score (nSPS) is 13.2. The van der Waals surface area contributed by atoms with Crippen molar-refractivity contribution in [3.8, 4) is 0 Å². The molecule has 0 radical (unpaired) electrons. The lowest BCUT2D eigenvalue weighted by Gasteiger charge is -2.22. The van der Waals surface area contributed by atoms with Crippen molar-refractivity contribution in [2.75, 3.05) is 19.0 Å². The van der Waals surface area contributed by atoms with E-state index in [1.54, 1.807) is 0 Å². The van der Waals surface area contributed by atoms with E-state index in [1.165, 1.54) is 0 Å². The standard InChI is InChI=1S/C8H7Cl3F3NO2S2/c9-1-2-15(4-8(12,13)14)19(16,17)5-3-6(10)18-7(5)11/h3H,1-2,4H2. The van der Waals surface area contributed by atoms with Crippen LogP contribution in [0.1, 0.15) is 0 Å². The number of rotatable bonds is 5. The first kappa shape index (κ1) is 17.3. The molecule has 0 aromatic carbocycles. The van der Waals surface area contributed by atoms with Gasteiger partial charge in [0.15, 0.2) is 0 Å². The lowest BCUT2D eigenvalue weighted by atomic mass is 10.6. The molecule has 0 aliphatic heterocycles. The van der Waals surface area contributed by atoms with Crippen LogP contribution in [0.15, 0.2) is 11.0 Å². The van der Waals surface area contributed by atoms with Crippen LogP contribution in [0.5, 0.6) is 0 Å². The van der Waals surface area contributed by atoms with Crippen LogP contribution < -0.4 is 0 Å². The third-order valence-electron chi connectivity index (χ3n) is 1.93. The van der Waals surface area contributed by atoms with Gasteiger partial charge in [-0.25, -0.2) is 8.42 Å². The van der Waals surface area contributed by atoms with Crippen LogP contribution in [0.25, 0.3) is 0 Å².